The van der Waals surface area contributed by atoms with E-state index < -0.39 is 11.2 Å². The van der Waals surface area contributed by atoms with Crippen LogP contribution in [0.2, 0.25) is 0 Å². The number of fused-ring (bicyclic) bond motifs is 1. The van der Waals surface area contributed by atoms with Crippen molar-refractivity contribution in [2.24, 2.45) is 4.99 Å². The Morgan fingerprint density at radius 2 is 2.03 bits per heavy atom. The zero-order valence-corrected chi connectivity index (χ0v) is 18.1. The summed E-state index contributed by atoms with van der Waals surface area (Å²) in [7, 11) is 0. The second-order valence-electron chi connectivity index (χ2n) is 7.88. The van der Waals surface area contributed by atoms with Gasteiger partial charge in [-0.2, -0.15) is 5.26 Å². The van der Waals surface area contributed by atoms with Crippen LogP contribution >= 0.6 is 0 Å². The SMILES string of the molecule is Cc1c(C=Nc2ccc3oc(=O)ccc3c2)c(O)n(CCCN2CCCC2=O)c(=O)c1C#N. The topological polar surface area (TPSA) is 129 Å². The summed E-state index contributed by atoms with van der Waals surface area (Å²) in [5.41, 5.74) is 0.491. The van der Waals surface area contributed by atoms with E-state index in [1.165, 1.54) is 12.3 Å². The van der Waals surface area contributed by atoms with Crippen LogP contribution in [-0.2, 0) is 11.3 Å². The fourth-order valence-corrected chi connectivity index (χ4v) is 3.97. The molecule has 9 heteroatoms. The molecular weight excluding hydrogens is 424 g/mol. The quantitative estimate of drug-likeness (QED) is 0.458. The average molecular weight is 446 g/mol. The molecule has 1 amide bonds. The minimum atomic E-state index is -0.571. The molecule has 33 heavy (non-hydrogen) atoms. The molecule has 9 nitrogen and oxygen atoms in total. The largest absolute Gasteiger partial charge is 0.494 e. The molecule has 0 atom stereocenters. The molecule has 1 aromatic carbocycles. The van der Waals surface area contributed by atoms with Gasteiger partial charge in [-0.15, -0.1) is 0 Å². The van der Waals surface area contributed by atoms with Gasteiger partial charge in [0.2, 0.25) is 11.8 Å². The molecule has 1 aliphatic rings. The van der Waals surface area contributed by atoms with E-state index in [-0.39, 0.29) is 29.5 Å². The Morgan fingerprint density at radius 3 is 2.76 bits per heavy atom. The van der Waals surface area contributed by atoms with Gasteiger partial charge in [0.25, 0.3) is 5.56 Å². The summed E-state index contributed by atoms with van der Waals surface area (Å²) in [4.78, 5) is 42.0. The molecule has 0 bridgehead atoms. The number of amides is 1. The number of rotatable bonds is 6. The van der Waals surface area contributed by atoms with Crippen molar-refractivity contribution in [2.75, 3.05) is 13.1 Å². The molecule has 1 N–H and O–H groups in total. The molecule has 0 spiro atoms. The van der Waals surface area contributed by atoms with Gasteiger partial charge in [0, 0.05) is 43.7 Å². The summed E-state index contributed by atoms with van der Waals surface area (Å²) >= 11 is 0. The van der Waals surface area contributed by atoms with E-state index in [2.05, 4.69) is 4.99 Å². The van der Waals surface area contributed by atoms with Crippen molar-refractivity contribution >= 4 is 28.8 Å². The van der Waals surface area contributed by atoms with Crippen molar-refractivity contribution in [1.29, 1.82) is 5.26 Å². The van der Waals surface area contributed by atoms with E-state index in [9.17, 15) is 24.8 Å². The second-order valence-corrected chi connectivity index (χ2v) is 7.88. The van der Waals surface area contributed by atoms with Crippen LogP contribution in [0.4, 0.5) is 5.69 Å². The lowest BCUT2D eigenvalue weighted by molar-refractivity contribution is -0.127. The number of carbonyl (C=O) groups excluding carboxylic acids is 1. The van der Waals surface area contributed by atoms with E-state index in [4.69, 9.17) is 4.42 Å². The summed E-state index contributed by atoms with van der Waals surface area (Å²) in [6, 6.07) is 9.86. The Balaban J connectivity index is 1.64. The van der Waals surface area contributed by atoms with Crippen LogP contribution in [0.25, 0.3) is 11.0 Å². The van der Waals surface area contributed by atoms with E-state index >= 15 is 0 Å². The molecule has 2 aromatic heterocycles. The number of pyridine rings is 1. The van der Waals surface area contributed by atoms with Gasteiger partial charge in [0.1, 0.15) is 17.2 Å². The minimum Gasteiger partial charge on any atom is -0.494 e. The van der Waals surface area contributed by atoms with Crippen LogP contribution < -0.4 is 11.2 Å². The third kappa shape index (κ3) is 4.41. The highest BCUT2D eigenvalue weighted by molar-refractivity contribution is 5.88. The first kappa shape index (κ1) is 22.0. The molecule has 1 aliphatic heterocycles. The number of aromatic nitrogens is 1. The first-order valence-corrected chi connectivity index (χ1v) is 10.6. The second kappa shape index (κ2) is 9.12. The molecular formula is C24H22N4O5. The van der Waals surface area contributed by atoms with Gasteiger partial charge in [-0.25, -0.2) is 4.79 Å². The van der Waals surface area contributed by atoms with Gasteiger partial charge in [-0.05, 0) is 49.6 Å². The Labute approximate surface area is 188 Å². The minimum absolute atomic E-state index is 0.0632. The molecule has 0 radical (unpaired) electrons. The molecule has 0 saturated carbocycles. The molecule has 3 aromatic rings. The summed E-state index contributed by atoms with van der Waals surface area (Å²) in [6.45, 7) is 2.93. The molecule has 1 fully saturated rings. The third-order valence-electron chi connectivity index (χ3n) is 5.77. The predicted molar refractivity (Wildman–Crippen MR) is 122 cm³/mol. The summed E-state index contributed by atoms with van der Waals surface area (Å²) in [5.74, 6) is -0.185. The van der Waals surface area contributed by atoms with E-state index in [1.54, 1.807) is 36.1 Å². The Hall–Kier alpha value is -4.19. The number of hydrogen-bond acceptors (Lipinski definition) is 7. The Kier molecular flexibility index (Phi) is 6.09. The van der Waals surface area contributed by atoms with Gasteiger partial charge < -0.3 is 14.4 Å². The normalized spacial score (nSPS) is 13.8. The first-order chi connectivity index (χ1) is 15.9. The summed E-state index contributed by atoms with van der Waals surface area (Å²) in [5, 5.41) is 21.0. The number of carbonyl (C=O) groups is 1. The average Bonchev–Trinajstić information content (AvgIpc) is 3.21. The lowest BCUT2D eigenvalue weighted by Crippen LogP contribution is -2.29. The van der Waals surface area contributed by atoms with Crippen molar-refractivity contribution in [3.63, 3.8) is 0 Å². The number of nitriles is 1. The number of likely N-dealkylation sites (tertiary alicyclic amines) is 1. The molecule has 168 valence electrons. The lowest BCUT2D eigenvalue weighted by atomic mass is 10.1. The fraction of sp³-hybridized carbons (Fsp3) is 0.292. The monoisotopic (exact) mass is 446 g/mol. The van der Waals surface area contributed by atoms with Gasteiger partial charge in [-0.1, -0.05) is 0 Å². The molecule has 3 heterocycles. The van der Waals surface area contributed by atoms with Crippen LogP contribution in [0.15, 0.2) is 49.3 Å². The zero-order valence-electron chi connectivity index (χ0n) is 18.1. The van der Waals surface area contributed by atoms with E-state index in [1.807, 2.05) is 6.07 Å². The third-order valence-corrected chi connectivity index (χ3v) is 5.77. The summed E-state index contributed by atoms with van der Waals surface area (Å²) in [6.07, 6.45) is 3.25. The van der Waals surface area contributed by atoms with Gasteiger partial charge in [0.05, 0.1) is 11.3 Å². The Bertz CT molecular complexity index is 1430. The van der Waals surface area contributed by atoms with Crippen LogP contribution in [0, 0.1) is 18.3 Å². The van der Waals surface area contributed by atoms with Crippen molar-refractivity contribution in [2.45, 2.75) is 32.7 Å². The maximum Gasteiger partial charge on any atom is 0.336 e. The van der Waals surface area contributed by atoms with Crippen LogP contribution in [0.5, 0.6) is 5.88 Å². The smallest absolute Gasteiger partial charge is 0.336 e. The highest BCUT2D eigenvalue weighted by Crippen LogP contribution is 2.24. The van der Waals surface area contributed by atoms with Crippen molar-refractivity contribution in [3.8, 4) is 11.9 Å². The van der Waals surface area contributed by atoms with E-state index in [0.29, 0.717) is 48.2 Å². The molecule has 0 unspecified atom stereocenters. The van der Waals surface area contributed by atoms with Gasteiger partial charge in [-0.3, -0.25) is 19.1 Å². The fourth-order valence-electron chi connectivity index (χ4n) is 3.97. The van der Waals surface area contributed by atoms with Crippen molar-refractivity contribution < 1.29 is 14.3 Å². The molecule has 1 saturated heterocycles. The standard InChI is InChI=1S/C24H22N4O5/c1-15-18(13-25)23(31)28(11-3-10-27-9-2-4-21(27)29)24(32)19(15)14-26-17-6-7-20-16(12-17)5-8-22(30)33-20/h5-8,12,14,32H,2-4,9-11H2,1H3. The number of aromatic hydroxyl groups is 1. The molecule has 0 aliphatic carbocycles. The number of nitrogens with zero attached hydrogens (tertiary/aromatic N) is 4. The predicted octanol–water partition coefficient (Wildman–Crippen LogP) is 2.60. The van der Waals surface area contributed by atoms with Crippen molar-refractivity contribution in [3.05, 3.63) is 67.8 Å². The maximum absolute atomic E-state index is 12.8. The highest BCUT2D eigenvalue weighted by Gasteiger charge is 2.21. The van der Waals surface area contributed by atoms with Gasteiger partial charge >= 0.3 is 5.63 Å². The lowest BCUT2D eigenvalue weighted by Gasteiger charge is -2.17. The van der Waals surface area contributed by atoms with E-state index in [0.717, 1.165) is 11.0 Å². The highest BCUT2D eigenvalue weighted by atomic mass is 16.4. The number of benzene rings is 1. The first-order valence-electron chi connectivity index (χ1n) is 10.6. The number of aliphatic imine (C=N–C) groups is 1. The maximum atomic E-state index is 12.8. The van der Waals surface area contributed by atoms with Crippen LogP contribution in [0.3, 0.4) is 0 Å². The molecule has 4 rings (SSSR count). The van der Waals surface area contributed by atoms with Crippen molar-refractivity contribution in [1.82, 2.24) is 9.47 Å². The van der Waals surface area contributed by atoms with Crippen LogP contribution in [0.1, 0.15) is 36.0 Å². The summed E-state index contributed by atoms with van der Waals surface area (Å²) < 4.78 is 6.27. The van der Waals surface area contributed by atoms with Crippen LogP contribution in [-0.4, -0.2) is 39.8 Å². The Morgan fingerprint density at radius 1 is 1.21 bits per heavy atom. The van der Waals surface area contributed by atoms with Gasteiger partial charge in [0.15, 0.2) is 0 Å². The zero-order chi connectivity index (χ0) is 23.5. The number of hydrogen-bond donors (Lipinski definition) is 1.